The first-order valence-corrected chi connectivity index (χ1v) is 5.96. The quantitative estimate of drug-likeness (QED) is 0.853. The molecule has 0 unspecified atom stereocenters. The number of benzene rings is 1. The van der Waals surface area contributed by atoms with Crippen molar-refractivity contribution in [3.05, 3.63) is 29.0 Å². The van der Waals surface area contributed by atoms with Gasteiger partial charge in [-0.15, -0.1) is 10.2 Å². The van der Waals surface area contributed by atoms with Gasteiger partial charge in [0.15, 0.2) is 5.82 Å². The maximum absolute atomic E-state index is 6.18. The van der Waals surface area contributed by atoms with Crippen molar-refractivity contribution in [3.8, 4) is 11.4 Å². The molecule has 0 aliphatic rings. The number of nitrogen functional groups attached to an aromatic ring is 1. The van der Waals surface area contributed by atoms with Crippen molar-refractivity contribution in [2.75, 3.05) is 5.73 Å². The first kappa shape index (κ1) is 11.9. The lowest BCUT2D eigenvalue weighted by Crippen LogP contribution is -2.02. The maximum Gasteiger partial charge on any atom is 0.165 e. The third-order valence-corrected chi connectivity index (χ3v) is 2.94. The van der Waals surface area contributed by atoms with Gasteiger partial charge in [0.2, 0.25) is 0 Å². The van der Waals surface area contributed by atoms with E-state index in [-0.39, 0.29) is 0 Å². The van der Waals surface area contributed by atoms with E-state index in [1.165, 1.54) is 0 Å². The van der Waals surface area contributed by atoms with E-state index in [2.05, 4.69) is 21.7 Å². The van der Waals surface area contributed by atoms with Crippen LogP contribution >= 0.6 is 11.6 Å². The molecule has 1 aromatic carbocycles. The average molecular weight is 251 g/mol. The molecule has 1 heterocycles. The number of nitrogens with zero attached hydrogens (tertiary/aromatic N) is 3. The lowest BCUT2D eigenvalue weighted by atomic mass is 10.2. The summed E-state index contributed by atoms with van der Waals surface area (Å²) >= 11 is 6.18. The molecule has 90 valence electrons. The molecule has 0 atom stereocenters. The third-order valence-electron chi connectivity index (χ3n) is 2.61. The molecule has 0 spiro atoms. The Labute approximate surface area is 105 Å². The van der Waals surface area contributed by atoms with Gasteiger partial charge < -0.3 is 10.3 Å². The number of aromatic nitrogens is 3. The predicted octanol–water partition coefficient (Wildman–Crippen LogP) is 2.90. The van der Waals surface area contributed by atoms with E-state index in [9.17, 15) is 0 Å². The van der Waals surface area contributed by atoms with Crippen LogP contribution in [0.4, 0.5) is 5.69 Å². The van der Waals surface area contributed by atoms with Crippen molar-refractivity contribution in [1.82, 2.24) is 14.8 Å². The fraction of sp³-hybridized carbons (Fsp3) is 0.333. The van der Waals surface area contributed by atoms with Crippen LogP contribution in [0.1, 0.15) is 19.2 Å². The van der Waals surface area contributed by atoms with Gasteiger partial charge in [0.1, 0.15) is 5.82 Å². The van der Waals surface area contributed by atoms with Gasteiger partial charge in [0.25, 0.3) is 0 Å². The highest BCUT2D eigenvalue weighted by atomic mass is 35.5. The molecule has 0 saturated heterocycles. The van der Waals surface area contributed by atoms with Crippen LogP contribution in [0.2, 0.25) is 5.02 Å². The Hall–Kier alpha value is -1.55. The van der Waals surface area contributed by atoms with Crippen LogP contribution in [-0.2, 0) is 6.54 Å². The molecular weight excluding hydrogens is 236 g/mol. The standard InChI is InChI=1S/C12H15ClN4/c1-3-6-17-8(2)15-16-12(17)10-7-9(14)4-5-11(10)13/h4-5,7H,3,6,14H2,1-2H3. The van der Waals surface area contributed by atoms with Gasteiger partial charge in [-0.2, -0.15) is 0 Å². The SMILES string of the molecule is CCCn1c(C)nnc1-c1cc(N)ccc1Cl. The van der Waals surface area contributed by atoms with Crippen molar-refractivity contribution in [2.24, 2.45) is 0 Å². The van der Waals surface area contributed by atoms with Crippen LogP contribution in [0.15, 0.2) is 18.2 Å². The van der Waals surface area contributed by atoms with Crippen molar-refractivity contribution >= 4 is 17.3 Å². The number of nitrogens with two attached hydrogens (primary N) is 1. The van der Waals surface area contributed by atoms with Crippen LogP contribution in [0.3, 0.4) is 0 Å². The lowest BCUT2D eigenvalue weighted by Gasteiger charge is -2.08. The monoisotopic (exact) mass is 250 g/mol. The van der Waals surface area contributed by atoms with Crippen molar-refractivity contribution in [3.63, 3.8) is 0 Å². The Kier molecular flexibility index (Phi) is 3.33. The van der Waals surface area contributed by atoms with E-state index in [1.807, 2.05) is 13.0 Å². The topological polar surface area (TPSA) is 56.7 Å². The summed E-state index contributed by atoms with van der Waals surface area (Å²) in [4.78, 5) is 0. The van der Waals surface area contributed by atoms with E-state index in [4.69, 9.17) is 17.3 Å². The summed E-state index contributed by atoms with van der Waals surface area (Å²) in [6.07, 6.45) is 1.02. The van der Waals surface area contributed by atoms with Crippen LogP contribution in [-0.4, -0.2) is 14.8 Å². The maximum atomic E-state index is 6.18. The van der Waals surface area contributed by atoms with Gasteiger partial charge in [-0.3, -0.25) is 0 Å². The molecule has 0 fully saturated rings. The fourth-order valence-electron chi connectivity index (χ4n) is 1.79. The second-order valence-electron chi connectivity index (χ2n) is 3.96. The number of rotatable bonds is 3. The van der Waals surface area contributed by atoms with Gasteiger partial charge in [-0.25, -0.2) is 0 Å². The molecule has 2 rings (SSSR count). The summed E-state index contributed by atoms with van der Waals surface area (Å²) < 4.78 is 2.06. The van der Waals surface area contributed by atoms with E-state index in [1.54, 1.807) is 12.1 Å². The summed E-state index contributed by atoms with van der Waals surface area (Å²) in [6, 6.07) is 5.39. The predicted molar refractivity (Wildman–Crippen MR) is 69.9 cm³/mol. The molecule has 0 aliphatic heterocycles. The van der Waals surface area contributed by atoms with Crippen LogP contribution in [0.5, 0.6) is 0 Å². The minimum Gasteiger partial charge on any atom is -0.399 e. The Bertz CT molecular complexity index is 533. The number of aryl methyl sites for hydroxylation is 1. The second-order valence-corrected chi connectivity index (χ2v) is 4.37. The lowest BCUT2D eigenvalue weighted by molar-refractivity contribution is 0.663. The van der Waals surface area contributed by atoms with E-state index < -0.39 is 0 Å². The molecule has 0 amide bonds. The fourth-order valence-corrected chi connectivity index (χ4v) is 1.99. The first-order valence-electron chi connectivity index (χ1n) is 5.58. The van der Waals surface area contributed by atoms with E-state index in [0.29, 0.717) is 10.7 Å². The molecule has 5 heteroatoms. The molecule has 0 radical (unpaired) electrons. The molecule has 2 aromatic rings. The molecule has 17 heavy (non-hydrogen) atoms. The molecule has 1 aromatic heterocycles. The average Bonchev–Trinajstić information content (AvgIpc) is 2.65. The van der Waals surface area contributed by atoms with E-state index >= 15 is 0 Å². The molecular formula is C12H15ClN4. The first-order chi connectivity index (χ1) is 8.13. The minimum atomic E-state index is 0.643. The van der Waals surface area contributed by atoms with Crippen LogP contribution in [0.25, 0.3) is 11.4 Å². The summed E-state index contributed by atoms with van der Waals surface area (Å²) in [5, 5.41) is 8.92. The van der Waals surface area contributed by atoms with Crippen molar-refractivity contribution in [1.29, 1.82) is 0 Å². The smallest absolute Gasteiger partial charge is 0.165 e. The van der Waals surface area contributed by atoms with Gasteiger partial charge in [0.05, 0.1) is 5.02 Å². The van der Waals surface area contributed by atoms with Crippen LogP contribution < -0.4 is 5.73 Å². The highest BCUT2D eigenvalue weighted by Crippen LogP contribution is 2.28. The Morgan fingerprint density at radius 3 is 2.82 bits per heavy atom. The normalized spacial score (nSPS) is 10.8. The number of halogens is 1. The van der Waals surface area contributed by atoms with E-state index in [0.717, 1.165) is 30.2 Å². The minimum absolute atomic E-state index is 0.643. The van der Waals surface area contributed by atoms with Gasteiger partial charge in [-0.1, -0.05) is 18.5 Å². The highest BCUT2D eigenvalue weighted by Gasteiger charge is 2.13. The molecule has 4 nitrogen and oxygen atoms in total. The number of anilines is 1. The summed E-state index contributed by atoms with van der Waals surface area (Å²) in [5.41, 5.74) is 7.29. The van der Waals surface area contributed by atoms with Gasteiger partial charge >= 0.3 is 0 Å². The van der Waals surface area contributed by atoms with Gasteiger partial charge in [0, 0.05) is 17.8 Å². The van der Waals surface area contributed by atoms with Crippen molar-refractivity contribution in [2.45, 2.75) is 26.8 Å². The zero-order valence-corrected chi connectivity index (χ0v) is 10.7. The zero-order chi connectivity index (χ0) is 12.4. The van der Waals surface area contributed by atoms with Crippen LogP contribution in [0, 0.1) is 6.92 Å². The molecule has 0 bridgehead atoms. The number of hydrogen-bond acceptors (Lipinski definition) is 3. The Morgan fingerprint density at radius 1 is 1.35 bits per heavy atom. The Morgan fingerprint density at radius 2 is 2.12 bits per heavy atom. The Balaban J connectivity index is 2.56. The van der Waals surface area contributed by atoms with Crippen molar-refractivity contribution < 1.29 is 0 Å². The summed E-state index contributed by atoms with van der Waals surface area (Å²) in [6.45, 7) is 4.93. The zero-order valence-electron chi connectivity index (χ0n) is 9.94. The molecule has 2 N–H and O–H groups in total. The highest BCUT2D eigenvalue weighted by molar-refractivity contribution is 6.33. The third kappa shape index (κ3) is 2.26. The largest absolute Gasteiger partial charge is 0.399 e. The second kappa shape index (κ2) is 4.75. The summed E-state index contributed by atoms with van der Waals surface area (Å²) in [5.74, 6) is 1.67. The summed E-state index contributed by atoms with van der Waals surface area (Å²) in [7, 11) is 0. The number of hydrogen-bond donors (Lipinski definition) is 1. The molecule has 0 saturated carbocycles. The molecule has 0 aliphatic carbocycles. The van der Waals surface area contributed by atoms with Gasteiger partial charge in [-0.05, 0) is 31.5 Å².